The van der Waals surface area contributed by atoms with Crippen LogP contribution in [0.2, 0.25) is 0 Å². The lowest BCUT2D eigenvalue weighted by molar-refractivity contribution is -0.265. The molecule has 1 aliphatic carbocycles. The fourth-order valence-corrected chi connectivity index (χ4v) is 4.93. The van der Waals surface area contributed by atoms with Crippen molar-refractivity contribution in [2.24, 2.45) is 5.73 Å². The molecule has 5 rings (SSSR count). The van der Waals surface area contributed by atoms with Gasteiger partial charge in [0.15, 0.2) is 0 Å². The third-order valence-electron chi connectivity index (χ3n) is 7.65. The van der Waals surface area contributed by atoms with Crippen molar-refractivity contribution in [3.8, 4) is 34.0 Å². The van der Waals surface area contributed by atoms with Crippen LogP contribution < -0.4 is 20.5 Å². The molecule has 2 aromatic carbocycles. The number of halogens is 7. The van der Waals surface area contributed by atoms with Crippen LogP contribution in [0.15, 0.2) is 66.9 Å². The maximum Gasteiger partial charge on any atom is 0.424 e. The summed E-state index contributed by atoms with van der Waals surface area (Å²) in [6.07, 6.45) is -8.94. The fraction of sp³-hybridized carbons (Fsp3) is 0.294. The highest BCUT2D eigenvalue weighted by molar-refractivity contribution is 5.95. The Hall–Kier alpha value is -5.25. The number of pyridine rings is 2. The highest BCUT2D eigenvalue weighted by Crippen LogP contribution is 2.42. The van der Waals surface area contributed by atoms with E-state index in [2.05, 4.69) is 15.3 Å². The molecule has 1 saturated carbocycles. The summed E-state index contributed by atoms with van der Waals surface area (Å²) < 4.78 is 108. The molecular formula is C34H29F7N4O5. The first-order valence-corrected chi connectivity index (χ1v) is 15.1. The predicted molar refractivity (Wildman–Crippen MR) is 164 cm³/mol. The number of nitrogens with two attached hydrogens (primary N) is 1. The molecule has 1 aliphatic rings. The van der Waals surface area contributed by atoms with E-state index in [0.717, 1.165) is 30.3 Å². The lowest BCUT2D eigenvalue weighted by atomic mass is 9.93. The van der Waals surface area contributed by atoms with Crippen molar-refractivity contribution in [1.82, 2.24) is 15.3 Å². The number of benzene rings is 2. The maximum atomic E-state index is 14.7. The molecule has 0 unspecified atom stereocenters. The monoisotopic (exact) mass is 706 g/mol. The molecule has 1 fully saturated rings. The summed E-state index contributed by atoms with van der Waals surface area (Å²) in [5, 5.41) is 13.3. The number of rotatable bonds is 12. The number of alkyl halides is 6. The molecule has 2 aromatic heterocycles. The lowest BCUT2D eigenvalue weighted by Gasteiger charge is -2.31. The Labute approximate surface area is 280 Å². The zero-order valence-corrected chi connectivity index (χ0v) is 26.2. The summed E-state index contributed by atoms with van der Waals surface area (Å²) in [5.74, 6) is -2.70. The Morgan fingerprint density at radius 3 is 2.26 bits per heavy atom. The van der Waals surface area contributed by atoms with Crippen molar-refractivity contribution in [3.63, 3.8) is 0 Å². The van der Waals surface area contributed by atoms with E-state index in [0.29, 0.717) is 19.0 Å². The Morgan fingerprint density at radius 1 is 1.00 bits per heavy atom. The molecule has 16 heteroatoms. The van der Waals surface area contributed by atoms with Gasteiger partial charge < -0.3 is 25.6 Å². The highest BCUT2D eigenvalue weighted by Gasteiger charge is 2.57. The number of nitrogens with one attached hydrogen (secondary N) is 1. The van der Waals surface area contributed by atoms with Gasteiger partial charge in [-0.25, -0.2) is 9.37 Å². The van der Waals surface area contributed by atoms with Crippen LogP contribution in [0.3, 0.4) is 0 Å². The van der Waals surface area contributed by atoms with E-state index in [1.165, 1.54) is 30.3 Å². The molecule has 0 radical (unpaired) electrons. The van der Waals surface area contributed by atoms with Gasteiger partial charge in [-0.1, -0.05) is 0 Å². The SMILES string of the molecule is CCOc1c(CC(N)=O)cc([C@@](O)(CNC(=O)c2ccc(-c3ccc(C(F)(F)F)cn3)c(OC3CC3)c2)C(F)(F)F)nc1-c1ccc(F)cc1. The predicted octanol–water partition coefficient (Wildman–Crippen LogP) is 6.12. The Kier molecular flexibility index (Phi) is 10.0. The standard InChI is InChI=1S/C34H29F7N4O5/c1-2-49-30-20(15-28(42)46)14-27(45-29(30)18-3-7-22(35)8-4-18)32(48,34(39,40)41)17-44-31(47)19-5-11-24(26(13-19)50-23-9-10-23)25-12-6-21(16-43-25)33(36,37)38/h3-8,11-14,16,23,48H,2,9-10,15,17H2,1H3,(H2,42,46)(H,44,47)/t32-/m0/s1. The smallest absolute Gasteiger partial charge is 0.424 e. The van der Waals surface area contributed by atoms with Gasteiger partial charge in [0.2, 0.25) is 11.5 Å². The van der Waals surface area contributed by atoms with Crippen molar-refractivity contribution >= 4 is 11.8 Å². The van der Waals surface area contributed by atoms with E-state index in [9.17, 15) is 45.4 Å². The number of amides is 2. The third-order valence-corrected chi connectivity index (χ3v) is 7.65. The van der Waals surface area contributed by atoms with Crippen molar-refractivity contribution in [2.75, 3.05) is 13.2 Å². The summed E-state index contributed by atoms with van der Waals surface area (Å²) >= 11 is 0. The van der Waals surface area contributed by atoms with Gasteiger partial charge in [-0.3, -0.25) is 14.6 Å². The van der Waals surface area contributed by atoms with E-state index in [4.69, 9.17) is 15.2 Å². The minimum absolute atomic E-state index is 0.000742. The summed E-state index contributed by atoms with van der Waals surface area (Å²) in [5.41, 5.74) is -0.610. The number of hydrogen-bond acceptors (Lipinski definition) is 7. The molecule has 4 N–H and O–H groups in total. The number of aromatic nitrogens is 2. The zero-order valence-electron chi connectivity index (χ0n) is 26.2. The highest BCUT2D eigenvalue weighted by atomic mass is 19.4. The van der Waals surface area contributed by atoms with Crippen molar-refractivity contribution < 1.29 is 54.9 Å². The van der Waals surface area contributed by atoms with E-state index in [1.807, 2.05) is 0 Å². The maximum absolute atomic E-state index is 14.7. The third kappa shape index (κ3) is 7.96. The van der Waals surface area contributed by atoms with E-state index >= 15 is 0 Å². The molecule has 0 aliphatic heterocycles. The average molecular weight is 707 g/mol. The van der Waals surface area contributed by atoms with Gasteiger partial charge in [-0.2, -0.15) is 26.3 Å². The van der Waals surface area contributed by atoms with Gasteiger partial charge >= 0.3 is 12.4 Å². The first-order chi connectivity index (χ1) is 23.5. The van der Waals surface area contributed by atoms with Gasteiger partial charge in [0, 0.05) is 28.5 Å². The molecule has 0 saturated heterocycles. The number of carbonyl (C=O) groups excluding carboxylic acids is 2. The lowest BCUT2D eigenvalue weighted by Crippen LogP contribution is -2.51. The number of ether oxygens (including phenoxy) is 2. The molecule has 2 amide bonds. The second-order valence-electron chi connectivity index (χ2n) is 11.4. The second-order valence-corrected chi connectivity index (χ2v) is 11.4. The fourth-order valence-electron chi connectivity index (χ4n) is 4.93. The molecule has 264 valence electrons. The number of carbonyl (C=O) groups is 2. The van der Waals surface area contributed by atoms with E-state index < -0.39 is 59.8 Å². The number of primary amides is 1. The molecule has 9 nitrogen and oxygen atoms in total. The zero-order chi connectivity index (χ0) is 36.4. The molecule has 2 heterocycles. The summed E-state index contributed by atoms with van der Waals surface area (Å²) in [7, 11) is 0. The number of nitrogens with zero attached hydrogens (tertiary/aromatic N) is 2. The molecular weight excluding hydrogens is 677 g/mol. The Bertz CT molecular complexity index is 1880. The van der Waals surface area contributed by atoms with Crippen molar-refractivity contribution in [3.05, 3.63) is 95.1 Å². The van der Waals surface area contributed by atoms with Crippen LogP contribution >= 0.6 is 0 Å². The Morgan fingerprint density at radius 2 is 1.70 bits per heavy atom. The second kappa shape index (κ2) is 13.9. The largest absolute Gasteiger partial charge is 0.491 e. The quantitative estimate of drug-likeness (QED) is 0.151. The average Bonchev–Trinajstić information content (AvgIpc) is 3.87. The summed E-state index contributed by atoms with van der Waals surface area (Å²) in [6.45, 7) is 0.128. The summed E-state index contributed by atoms with van der Waals surface area (Å²) in [4.78, 5) is 33.1. The topological polar surface area (TPSA) is 137 Å². The van der Waals surface area contributed by atoms with Gasteiger partial charge in [-0.15, -0.1) is 0 Å². The van der Waals surface area contributed by atoms with Gasteiger partial charge in [0.05, 0.1) is 42.6 Å². The molecule has 4 aromatic rings. The van der Waals surface area contributed by atoms with Crippen LogP contribution in [0.25, 0.3) is 22.5 Å². The van der Waals surface area contributed by atoms with Crippen LogP contribution in [0.4, 0.5) is 30.7 Å². The van der Waals surface area contributed by atoms with Gasteiger partial charge in [0.25, 0.3) is 5.91 Å². The number of aliphatic hydroxyl groups is 1. The molecule has 0 spiro atoms. The van der Waals surface area contributed by atoms with Crippen molar-refractivity contribution in [1.29, 1.82) is 0 Å². The Balaban J connectivity index is 1.50. The molecule has 0 bridgehead atoms. The minimum Gasteiger partial charge on any atom is -0.491 e. The van der Waals surface area contributed by atoms with Crippen molar-refractivity contribution in [2.45, 2.75) is 50.2 Å². The minimum atomic E-state index is -5.44. The van der Waals surface area contributed by atoms with Crippen LogP contribution in [0.1, 0.15) is 46.9 Å². The molecule has 50 heavy (non-hydrogen) atoms. The van der Waals surface area contributed by atoms with E-state index in [-0.39, 0.29) is 57.9 Å². The number of hydrogen-bond donors (Lipinski definition) is 3. The summed E-state index contributed by atoms with van der Waals surface area (Å²) in [6, 6.07) is 11.0. The van der Waals surface area contributed by atoms with Crippen LogP contribution in [0.5, 0.6) is 11.5 Å². The van der Waals surface area contributed by atoms with Gasteiger partial charge in [0.1, 0.15) is 23.0 Å². The van der Waals surface area contributed by atoms with Crippen LogP contribution in [-0.2, 0) is 23.0 Å². The normalized spacial score (nSPS) is 14.5. The molecule has 1 atom stereocenters. The van der Waals surface area contributed by atoms with Crippen LogP contribution in [0, 0.1) is 5.82 Å². The first-order valence-electron chi connectivity index (χ1n) is 15.1. The van der Waals surface area contributed by atoms with Gasteiger partial charge in [-0.05, 0) is 80.4 Å². The first kappa shape index (κ1) is 36.0. The van der Waals surface area contributed by atoms with Crippen LogP contribution in [-0.4, -0.2) is 52.3 Å². The van der Waals surface area contributed by atoms with E-state index in [1.54, 1.807) is 6.92 Å².